The lowest BCUT2D eigenvalue weighted by atomic mass is 10.2. The third kappa shape index (κ3) is 7.16. The largest absolute Gasteiger partial charge is 0.488 e. The summed E-state index contributed by atoms with van der Waals surface area (Å²) in [5.74, 6) is 0.664. The first-order chi connectivity index (χ1) is 13.7. The van der Waals surface area contributed by atoms with Crippen LogP contribution in [0, 0.1) is 0 Å². The van der Waals surface area contributed by atoms with Gasteiger partial charge in [0.15, 0.2) is 6.04 Å². The molecule has 0 aliphatic heterocycles. The highest BCUT2D eigenvalue weighted by Gasteiger charge is 2.22. The van der Waals surface area contributed by atoms with Crippen LogP contribution >= 0.6 is 0 Å². The van der Waals surface area contributed by atoms with Crippen LogP contribution < -0.4 is 19.7 Å². The third-order valence-electron chi connectivity index (χ3n) is 4.46. The summed E-state index contributed by atoms with van der Waals surface area (Å²) in [6, 6.07) is 15.2. The molecule has 1 amide bonds. The molecule has 7 nitrogen and oxygen atoms in total. The van der Waals surface area contributed by atoms with Gasteiger partial charge in [-0.15, -0.1) is 0 Å². The molecule has 0 saturated carbocycles. The number of sulfonamides is 1. The smallest absolute Gasteiger partial charge is 0.282 e. The molecule has 0 bridgehead atoms. The highest BCUT2D eigenvalue weighted by Crippen LogP contribution is 2.14. The summed E-state index contributed by atoms with van der Waals surface area (Å²) in [4.78, 5) is 13.7. The first-order valence-corrected chi connectivity index (χ1v) is 11.1. The maximum absolute atomic E-state index is 12.5. The van der Waals surface area contributed by atoms with Crippen molar-refractivity contribution in [2.24, 2.45) is 0 Å². The minimum atomic E-state index is -3.55. The summed E-state index contributed by atoms with van der Waals surface area (Å²) in [6.07, 6.45) is 0. The van der Waals surface area contributed by atoms with E-state index in [1.165, 1.54) is 12.1 Å². The molecule has 29 heavy (non-hydrogen) atoms. The van der Waals surface area contributed by atoms with Crippen LogP contribution in [0.25, 0.3) is 0 Å². The van der Waals surface area contributed by atoms with Crippen LogP contribution in [0.2, 0.25) is 0 Å². The van der Waals surface area contributed by atoms with Crippen molar-refractivity contribution in [1.29, 1.82) is 0 Å². The molecule has 2 atom stereocenters. The van der Waals surface area contributed by atoms with Crippen molar-refractivity contribution in [2.45, 2.75) is 37.8 Å². The Balaban J connectivity index is 1.86. The number of likely N-dealkylation sites (N-methyl/N-ethyl adjacent to an activating group) is 1. The fourth-order valence-corrected chi connectivity index (χ4v) is 3.88. The molecule has 0 spiro atoms. The Kier molecular flexibility index (Phi) is 8.19. The number of rotatable bonds is 10. The molecule has 2 aromatic carbocycles. The van der Waals surface area contributed by atoms with Crippen molar-refractivity contribution >= 4 is 21.6 Å². The Bertz CT molecular complexity index is 884. The van der Waals surface area contributed by atoms with Crippen molar-refractivity contribution in [3.63, 3.8) is 0 Å². The molecule has 1 unspecified atom stereocenters. The summed E-state index contributed by atoms with van der Waals surface area (Å²) in [5, 5.41) is 2.83. The number of carbonyl (C=O) groups is 1. The molecule has 0 heterocycles. The molecular formula is C21H30N3O4S+. The number of quaternary nitrogens is 1. The van der Waals surface area contributed by atoms with Gasteiger partial charge in [-0.1, -0.05) is 18.2 Å². The lowest BCUT2D eigenvalue weighted by molar-refractivity contribution is -0.894. The highest BCUT2D eigenvalue weighted by atomic mass is 32.2. The predicted octanol–water partition coefficient (Wildman–Crippen LogP) is 1.29. The van der Waals surface area contributed by atoms with Gasteiger partial charge in [0.1, 0.15) is 18.9 Å². The minimum absolute atomic E-state index is 0.141. The Morgan fingerprint density at radius 3 is 2.24 bits per heavy atom. The zero-order chi connectivity index (χ0) is 21.4. The topological polar surface area (TPSA) is 88.9 Å². The summed E-state index contributed by atoms with van der Waals surface area (Å²) in [5.41, 5.74) is 0.554. The average molecular weight is 421 g/mol. The summed E-state index contributed by atoms with van der Waals surface area (Å²) >= 11 is 0. The minimum Gasteiger partial charge on any atom is -0.488 e. The summed E-state index contributed by atoms with van der Waals surface area (Å²) < 4.78 is 32.5. The maximum Gasteiger partial charge on any atom is 0.282 e. The van der Waals surface area contributed by atoms with Crippen LogP contribution in [0.4, 0.5) is 5.69 Å². The van der Waals surface area contributed by atoms with Gasteiger partial charge in [-0.25, -0.2) is 13.1 Å². The van der Waals surface area contributed by atoms with Gasteiger partial charge in [-0.2, -0.15) is 0 Å². The number of amides is 1. The van der Waals surface area contributed by atoms with Crippen LogP contribution in [-0.2, 0) is 14.8 Å². The summed E-state index contributed by atoms with van der Waals surface area (Å²) in [6.45, 7) is 6.54. The van der Waals surface area contributed by atoms with Crippen LogP contribution in [0.15, 0.2) is 59.5 Å². The van der Waals surface area contributed by atoms with E-state index in [2.05, 4.69) is 10.0 Å². The van der Waals surface area contributed by atoms with E-state index in [1.807, 2.05) is 44.3 Å². The van der Waals surface area contributed by atoms with E-state index in [1.54, 1.807) is 26.0 Å². The number of benzene rings is 2. The van der Waals surface area contributed by atoms with Crippen molar-refractivity contribution in [2.75, 3.05) is 25.5 Å². The van der Waals surface area contributed by atoms with Gasteiger partial charge in [0.2, 0.25) is 10.0 Å². The van der Waals surface area contributed by atoms with Gasteiger partial charge in [-0.05, 0) is 57.2 Å². The normalized spacial score (nSPS) is 13.7. The number of carbonyl (C=O) groups excluding carboxylic acids is 1. The molecule has 158 valence electrons. The van der Waals surface area contributed by atoms with Crippen molar-refractivity contribution < 1.29 is 22.8 Å². The zero-order valence-electron chi connectivity index (χ0n) is 17.3. The molecule has 2 aromatic rings. The second-order valence-electron chi connectivity index (χ2n) is 7.27. The highest BCUT2D eigenvalue weighted by molar-refractivity contribution is 7.89. The second kappa shape index (κ2) is 10.4. The molecular weight excluding hydrogens is 390 g/mol. The number of ether oxygens (including phenoxy) is 1. The number of nitrogens with one attached hydrogen (secondary N) is 3. The molecule has 2 rings (SSSR count). The fraction of sp³-hybridized carbons (Fsp3) is 0.381. The number of anilines is 1. The van der Waals surface area contributed by atoms with Crippen LogP contribution in [0.1, 0.15) is 20.8 Å². The molecule has 0 fully saturated rings. The second-order valence-corrected chi connectivity index (χ2v) is 8.98. The van der Waals surface area contributed by atoms with E-state index < -0.39 is 10.0 Å². The molecule has 3 N–H and O–H groups in total. The lowest BCUT2D eigenvalue weighted by Gasteiger charge is -2.21. The Labute approximate surface area is 173 Å². The van der Waals surface area contributed by atoms with Crippen LogP contribution in [0.5, 0.6) is 5.75 Å². The molecule has 0 aliphatic rings. The van der Waals surface area contributed by atoms with E-state index in [-0.39, 0.29) is 22.9 Å². The number of hydrogen-bond donors (Lipinski definition) is 3. The van der Waals surface area contributed by atoms with Gasteiger partial charge >= 0.3 is 0 Å². The Morgan fingerprint density at radius 2 is 1.66 bits per heavy atom. The van der Waals surface area contributed by atoms with Gasteiger partial charge in [-0.3, -0.25) is 4.79 Å². The van der Waals surface area contributed by atoms with Crippen molar-refractivity contribution in [3.05, 3.63) is 54.6 Å². The van der Waals surface area contributed by atoms with Crippen LogP contribution in [-0.4, -0.2) is 46.6 Å². The van der Waals surface area contributed by atoms with E-state index >= 15 is 0 Å². The predicted molar refractivity (Wildman–Crippen MR) is 114 cm³/mol. The fourth-order valence-electron chi connectivity index (χ4n) is 2.63. The lowest BCUT2D eigenvalue weighted by Crippen LogP contribution is -3.14. The maximum atomic E-state index is 12.5. The zero-order valence-corrected chi connectivity index (χ0v) is 18.1. The molecule has 0 aromatic heterocycles. The van der Waals surface area contributed by atoms with Crippen molar-refractivity contribution in [3.8, 4) is 5.75 Å². The first kappa shape index (κ1) is 22.9. The number of para-hydroxylation sites is 1. The molecule has 0 aliphatic carbocycles. The van der Waals surface area contributed by atoms with Gasteiger partial charge in [0.05, 0.1) is 11.9 Å². The average Bonchev–Trinajstić information content (AvgIpc) is 2.67. The summed E-state index contributed by atoms with van der Waals surface area (Å²) in [7, 11) is -1.61. The van der Waals surface area contributed by atoms with E-state index in [4.69, 9.17) is 4.74 Å². The van der Waals surface area contributed by atoms with E-state index in [0.29, 0.717) is 18.8 Å². The van der Waals surface area contributed by atoms with Gasteiger partial charge < -0.3 is 15.0 Å². The van der Waals surface area contributed by atoms with Gasteiger partial charge in [0, 0.05) is 11.7 Å². The number of hydrogen-bond acceptors (Lipinski definition) is 4. The van der Waals surface area contributed by atoms with E-state index in [0.717, 1.165) is 10.6 Å². The first-order valence-electron chi connectivity index (χ1n) is 9.62. The SMILES string of the molecule is CC(C)NS(=O)(=O)c1ccc(NC(=O)[C@@H](C)[NH+](C)CCOc2ccccc2)cc1. The Morgan fingerprint density at radius 1 is 1.03 bits per heavy atom. The monoisotopic (exact) mass is 420 g/mol. The quantitative estimate of drug-likeness (QED) is 0.541. The van der Waals surface area contributed by atoms with Crippen molar-refractivity contribution in [1.82, 2.24) is 4.72 Å². The third-order valence-corrected chi connectivity index (χ3v) is 6.14. The Hall–Kier alpha value is -2.42. The van der Waals surface area contributed by atoms with Crippen LogP contribution in [0.3, 0.4) is 0 Å². The molecule has 0 radical (unpaired) electrons. The van der Waals surface area contributed by atoms with E-state index in [9.17, 15) is 13.2 Å². The van der Waals surface area contributed by atoms with Gasteiger partial charge in [0.25, 0.3) is 5.91 Å². The molecule has 8 heteroatoms. The molecule has 0 saturated heterocycles. The standard InChI is InChI=1S/C21H29N3O4S/c1-16(2)23-29(26,27)20-12-10-18(11-13-20)22-21(25)17(3)24(4)14-15-28-19-8-6-5-7-9-19/h5-13,16-17,23H,14-15H2,1-4H3,(H,22,25)/p+1/t17-/m1/s1.